The molecule has 1 aliphatic carbocycles. The summed E-state index contributed by atoms with van der Waals surface area (Å²) in [5.41, 5.74) is 1.04. The molecular formula is C12H13BrN4O2S. The second-order valence-corrected chi connectivity index (χ2v) is 7.22. The van der Waals surface area contributed by atoms with E-state index in [1.807, 2.05) is 24.3 Å². The first kappa shape index (κ1) is 13.7. The van der Waals surface area contributed by atoms with Gasteiger partial charge in [0, 0.05) is 16.9 Å². The number of nitrogens with two attached hydrogens (primary N) is 1. The van der Waals surface area contributed by atoms with Crippen molar-refractivity contribution >= 4 is 26.0 Å². The molecule has 0 radical (unpaired) electrons. The number of aromatic nitrogens is 3. The number of primary sulfonamides is 1. The number of rotatable bonds is 4. The predicted octanol–water partition coefficient (Wildman–Crippen LogP) is 1.61. The molecule has 3 rings (SSSR count). The van der Waals surface area contributed by atoms with Gasteiger partial charge in [-0.2, -0.15) is 0 Å². The molecule has 6 nitrogen and oxygen atoms in total. The van der Waals surface area contributed by atoms with Crippen molar-refractivity contribution in [3.05, 3.63) is 40.1 Å². The highest BCUT2D eigenvalue weighted by atomic mass is 79.9. The van der Waals surface area contributed by atoms with E-state index in [4.69, 9.17) is 5.14 Å². The van der Waals surface area contributed by atoms with Gasteiger partial charge in [-0.3, -0.25) is 4.57 Å². The first-order chi connectivity index (χ1) is 9.45. The number of hydrogen-bond donors (Lipinski definition) is 1. The molecule has 1 aromatic carbocycles. The molecule has 20 heavy (non-hydrogen) atoms. The van der Waals surface area contributed by atoms with Crippen LogP contribution in [0.25, 0.3) is 0 Å². The Morgan fingerprint density at radius 1 is 1.25 bits per heavy atom. The summed E-state index contributed by atoms with van der Waals surface area (Å²) in [6, 6.07) is 7.96. The normalized spacial score (nSPS) is 15.5. The number of nitrogens with zero attached hydrogens (tertiary/aromatic N) is 3. The molecule has 2 N–H and O–H groups in total. The molecule has 0 atom stereocenters. The Balaban J connectivity index is 1.98. The SMILES string of the molecule is NS(=O)(=O)c1nnc(Cc2ccc(Br)cc2)n1C1CC1. The van der Waals surface area contributed by atoms with Crippen LogP contribution in [0.1, 0.15) is 30.3 Å². The molecule has 0 amide bonds. The van der Waals surface area contributed by atoms with E-state index >= 15 is 0 Å². The van der Waals surface area contributed by atoms with E-state index in [0.717, 1.165) is 22.9 Å². The predicted molar refractivity (Wildman–Crippen MR) is 76.6 cm³/mol. The summed E-state index contributed by atoms with van der Waals surface area (Å²) < 4.78 is 25.7. The van der Waals surface area contributed by atoms with Gasteiger partial charge in [-0.15, -0.1) is 10.2 Å². The van der Waals surface area contributed by atoms with E-state index in [0.29, 0.717) is 12.2 Å². The Labute approximate surface area is 125 Å². The van der Waals surface area contributed by atoms with Crippen molar-refractivity contribution in [2.45, 2.75) is 30.5 Å². The highest BCUT2D eigenvalue weighted by molar-refractivity contribution is 9.10. The maximum atomic E-state index is 11.5. The van der Waals surface area contributed by atoms with Crippen LogP contribution in [0.3, 0.4) is 0 Å². The van der Waals surface area contributed by atoms with Gasteiger partial charge < -0.3 is 0 Å². The Hall–Kier alpha value is -1.25. The maximum absolute atomic E-state index is 11.5. The minimum absolute atomic E-state index is 0.132. The second kappa shape index (κ2) is 4.94. The summed E-state index contributed by atoms with van der Waals surface area (Å²) in [5.74, 6) is 0.638. The lowest BCUT2D eigenvalue weighted by Gasteiger charge is -2.07. The number of benzene rings is 1. The van der Waals surface area contributed by atoms with Gasteiger partial charge >= 0.3 is 0 Å². The summed E-state index contributed by atoms with van der Waals surface area (Å²) in [4.78, 5) is 0. The fourth-order valence-corrected chi connectivity index (χ4v) is 3.05. The summed E-state index contributed by atoms with van der Waals surface area (Å²) in [7, 11) is -3.83. The lowest BCUT2D eigenvalue weighted by molar-refractivity contribution is 0.560. The molecule has 0 bridgehead atoms. The number of halogens is 1. The fourth-order valence-electron chi connectivity index (χ4n) is 2.11. The zero-order valence-electron chi connectivity index (χ0n) is 10.5. The van der Waals surface area contributed by atoms with Crippen LogP contribution in [0.5, 0.6) is 0 Å². The second-order valence-electron chi connectivity index (χ2n) is 4.85. The third-order valence-electron chi connectivity index (χ3n) is 3.18. The summed E-state index contributed by atoms with van der Waals surface area (Å²) in [6.07, 6.45) is 2.41. The Morgan fingerprint density at radius 2 is 1.90 bits per heavy atom. The van der Waals surface area contributed by atoms with Crippen molar-refractivity contribution in [1.82, 2.24) is 14.8 Å². The smallest absolute Gasteiger partial charge is 0.273 e. The molecule has 1 aromatic heterocycles. The van der Waals surface area contributed by atoms with Crippen molar-refractivity contribution in [3.8, 4) is 0 Å². The van der Waals surface area contributed by atoms with Crippen molar-refractivity contribution in [2.75, 3.05) is 0 Å². The Kier molecular flexibility index (Phi) is 3.39. The third-order valence-corrected chi connectivity index (χ3v) is 4.49. The number of hydrogen-bond acceptors (Lipinski definition) is 4. The van der Waals surface area contributed by atoms with Gasteiger partial charge in [-0.1, -0.05) is 28.1 Å². The zero-order valence-corrected chi connectivity index (χ0v) is 12.9. The molecule has 0 spiro atoms. The molecule has 1 saturated carbocycles. The minimum Gasteiger partial charge on any atom is -0.297 e. The van der Waals surface area contributed by atoms with E-state index in [9.17, 15) is 8.42 Å². The van der Waals surface area contributed by atoms with E-state index in [1.165, 1.54) is 0 Å². The lowest BCUT2D eigenvalue weighted by Crippen LogP contribution is -2.19. The van der Waals surface area contributed by atoms with E-state index in [2.05, 4.69) is 26.1 Å². The first-order valence-corrected chi connectivity index (χ1v) is 8.50. The summed E-state index contributed by atoms with van der Waals surface area (Å²) >= 11 is 3.38. The van der Waals surface area contributed by atoms with Crippen LogP contribution < -0.4 is 5.14 Å². The summed E-state index contributed by atoms with van der Waals surface area (Å²) in [5, 5.41) is 12.8. The first-order valence-electron chi connectivity index (χ1n) is 6.16. The molecule has 0 saturated heterocycles. The minimum atomic E-state index is -3.83. The van der Waals surface area contributed by atoms with Gasteiger partial charge in [0.25, 0.3) is 15.2 Å². The van der Waals surface area contributed by atoms with Gasteiger partial charge in [-0.05, 0) is 30.5 Å². The molecule has 0 unspecified atom stereocenters. The standard InChI is InChI=1S/C12H13BrN4O2S/c13-9-3-1-8(2-4-9)7-11-15-16-12(20(14,18)19)17(11)10-5-6-10/h1-4,10H,5-7H2,(H2,14,18,19). The van der Waals surface area contributed by atoms with Crippen molar-refractivity contribution in [3.63, 3.8) is 0 Å². The zero-order chi connectivity index (χ0) is 14.3. The van der Waals surface area contributed by atoms with Crippen LogP contribution in [-0.4, -0.2) is 23.2 Å². The van der Waals surface area contributed by atoms with Crippen LogP contribution in [0, 0.1) is 0 Å². The van der Waals surface area contributed by atoms with Crippen LogP contribution in [0.4, 0.5) is 0 Å². The van der Waals surface area contributed by atoms with Crippen molar-refractivity contribution in [1.29, 1.82) is 0 Å². The molecule has 106 valence electrons. The maximum Gasteiger partial charge on any atom is 0.273 e. The van der Waals surface area contributed by atoms with E-state index in [-0.39, 0.29) is 11.2 Å². The molecule has 1 fully saturated rings. The van der Waals surface area contributed by atoms with Crippen molar-refractivity contribution in [2.24, 2.45) is 5.14 Å². The molecule has 1 heterocycles. The van der Waals surface area contributed by atoms with Gasteiger partial charge in [-0.25, -0.2) is 13.6 Å². The quantitative estimate of drug-likeness (QED) is 0.900. The van der Waals surface area contributed by atoms with Crippen LogP contribution in [0.15, 0.2) is 33.9 Å². The Bertz CT molecular complexity index is 735. The van der Waals surface area contributed by atoms with Crippen LogP contribution in [-0.2, 0) is 16.4 Å². The van der Waals surface area contributed by atoms with Gasteiger partial charge in [0.1, 0.15) is 5.82 Å². The largest absolute Gasteiger partial charge is 0.297 e. The average molecular weight is 357 g/mol. The van der Waals surface area contributed by atoms with E-state index < -0.39 is 10.0 Å². The van der Waals surface area contributed by atoms with E-state index in [1.54, 1.807) is 4.57 Å². The monoisotopic (exact) mass is 356 g/mol. The van der Waals surface area contributed by atoms with Gasteiger partial charge in [0.05, 0.1) is 0 Å². The average Bonchev–Trinajstić information content (AvgIpc) is 3.12. The van der Waals surface area contributed by atoms with Gasteiger partial charge in [0.2, 0.25) is 0 Å². The highest BCUT2D eigenvalue weighted by Gasteiger charge is 2.32. The lowest BCUT2D eigenvalue weighted by atomic mass is 10.1. The molecular weight excluding hydrogens is 344 g/mol. The molecule has 0 aliphatic heterocycles. The summed E-state index contributed by atoms with van der Waals surface area (Å²) in [6.45, 7) is 0. The van der Waals surface area contributed by atoms with Crippen LogP contribution in [0.2, 0.25) is 0 Å². The van der Waals surface area contributed by atoms with Gasteiger partial charge in [0.15, 0.2) is 0 Å². The fraction of sp³-hybridized carbons (Fsp3) is 0.333. The molecule has 2 aromatic rings. The van der Waals surface area contributed by atoms with Crippen LogP contribution >= 0.6 is 15.9 Å². The third kappa shape index (κ3) is 2.77. The number of sulfonamides is 1. The Morgan fingerprint density at radius 3 is 2.45 bits per heavy atom. The topological polar surface area (TPSA) is 90.9 Å². The highest BCUT2D eigenvalue weighted by Crippen LogP contribution is 2.37. The molecule has 1 aliphatic rings. The van der Waals surface area contributed by atoms with Crippen molar-refractivity contribution < 1.29 is 8.42 Å². The molecule has 8 heteroatoms.